The summed E-state index contributed by atoms with van der Waals surface area (Å²) in [7, 11) is 0. The molecule has 1 fully saturated rings. The van der Waals surface area contributed by atoms with Gasteiger partial charge < -0.3 is 15.7 Å². The number of urea groups is 1. The van der Waals surface area contributed by atoms with E-state index < -0.39 is 23.4 Å². The largest absolute Gasteiger partial charge is 0.479 e. The van der Waals surface area contributed by atoms with Gasteiger partial charge in [0.05, 0.1) is 6.54 Å². The molecule has 6 heteroatoms. The number of carbonyl (C=O) groups is 2. The van der Waals surface area contributed by atoms with Crippen molar-refractivity contribution in [2.45, 2.75) is 5.54 Å². The van der Waals surface area contributed by atoms with E-state index in [1.54, 1.807) is 0 Å². The third-order valence-electron chi connectivity index (χ3n) is 2.54. The molecule has 1 aromatic rings. The SMILES string of the molecule is O=C1NCC(C(=O)O)(c2ccc(F)cc2)N1. The van der Waals surface area contributed by atoms with Crippen LogP contribution in [0.4, 0.5) is 9.18 Å². The number of nitrogens with one attached hydrogen (secondary N) is 2. The van der Waals surface area contributed by atoms with Crippen molar-refractivity contribution in [2.75, 3.05) is 6.54 Å². The minimum atomic E-state index is -1.51. The van der Waals surface area contributed by atoms with E-state index in [0.717, 1.165) is 12.1 Å². The number of halogens is 1. The summed E-state index contributed by atoms with van der Waals surface area (Å²) in [5, 5.41) is 13.9. The van der Waals surface area contributed by atoms with Crippen molar-refractivity contribution < 1.29 is 19.1 Å². The van der Waals surface area contributed by atoms with Gasteiger partial charge in [0.25, 0.3) is 0 Å². The van der Waals surface area contributed by atoms with Crippen LogP contribution in [0, 0.1) is 5.82 Å². The van der Waals surface area contributed by atoms with Crippen LogP contribution in [-0.2, 0) is 10.3 Å². The van der Waals surface area contributed by atoms with Gasteiger partial charge in [-0.1, -0.05) is 12.1 Å². The number of benzene rings is 1. The molecule has 16 heavy (non-hydrogen) atoms. The molecule has 0 aromatic heterocycles. The van der Waals surface area contributed by atoms with Crippen molar-refractivity contribution in [1.82, 2.24) is 10.6 Å². The Kier molecular flexibility index (Phi) is 2.26. The molecule has 0 saturated carbocycles. The standard InChI is InChI=1S/C10H9FN2O3/c11-7-3-1-6(2-4-7)10(8(14)15)5-12-9(16)13-10/h1-4H,5H2,(H,14,15)(H2,12,13,16). The number of amides is 2. The third-order valence-corrected chi connectivity index (χ3v) is 2.54. The van der Waals surface area contributed by atoms with E-state index in [2.05, 4.69) is 10.6 Å². The summed E-state index contributed by atoms with van der Waals surface area (Å²) in [6, 6.07) is 4.45. The second-order valence-electron chi connectivity index (χ2n) is 3.53. The van der Waals surface area contributed by atoms with E-state index in [1.807, 2.05) is 0 Å². The van der Waals surface area contributed by atoms with Gasteiger partial charge in [-0.2, -0.15) is 0 Å². The lowest BCUT2D eigenvalue weighted by atomic mass is 9.91. The molecule has 1 heterocycles. The van der Waals surface area contributed by atoms with Gasteiger partial charge in [-0.15, -0.1) is 0 Å². The summed E-state index contributed by atoms with van der Waals surface area (Å²) in [5.74, 6) is -1.64. The van der Waals surface area contributed by atoms with E-state index in [4.69, 9.17) is 5.11 Å². The number of rotatable bonds is 2. The van der Waals surface area contributed by atoms with Crippen molar-refractivity contribution in [1.29, 1.82) is 0 Å². The summed E-state index contributed by atoms with van der Waals surface area (Å²) in [6.45, 7) is -0.0627. The van der Waals surface area contributed by atoms with E-state index in [0.29, 0.717) is 5.56 Å². The predicted octanol–water partition coefficient (Wildman–Crippen LogP) is 0.418. The van der Waals surface area contributed by atoms with E-state index >= 15 is 0 Å². The fourth-order valence-corrected chi connectivity index (χ4v) is 1.66. The highest BCUT2D eigenvalue weighted by Crippen LogP contribution is 2.24. The Balaban J connectivity index is 2.44. The first-order valence-corrected chi connectivity index (χ1v) is 4.60. The summed E-state index contributed by atoms with van der Waals surface area (Å²) in [5.41, 5.74) is -1.18. The molecule has 1 aliphatic heterocycles. The number of carboxylic acid groups (broad SMARTS) is 1. The number of carboxylic acids is 1. The minimum absolute atomic E-state index is 0.0627. The van der Waals surface area contributed by atoms with Crippen molar-refractivity contribution >= 4 is 12.0 Å². The topological polar surface area (TPSA) is 78.4 Å². The first-order chi connectivity index (χ1) is 7.54. The van der Waals surface area contributed by atoms with Crippen molar-refractivity contribution in [3.05, 3.63) is 35.6 Å². The molecule has 1 unspecified atom stereocenters. The first kappa shape index (κ1) is 10.4. The molecular weight excluding hydrogens is 215 g/mol. The molecule has 3 N–H and O–H groups in total. The van der Waals surface area contributed by atoms with Gasteiger partial charge in [0.15, 0.2) is 5.54 Å². The Morgan fingerprint density at radius 3 is 2.44 bits per heavy atom. The van der Waals surface area contributed by atoms with Gasteiger partial charge >= 0.3 is 12.0 Å². The van der Waals surface area contributed by atoms with Crippen LogP contribution in [0.5, 0.6) is 0 Å². The molecule has 2 rings (SSSR count). The lowest BCUT2D eigenvalue weighted by Crippen LogP contribution is -2.47. The van der Waals surface area contributed by atoms with E-state index in [1.165, 1.54) is 12.1 Å². The third kappa shape index (κ3) is 1.48. The van der Waals surface area contributed by atoms with E-state index in [9.17, 15) is 14.0 Å². The quantitative estimate of drug-likeness (QED) is 0.681. The Bertz CT molecular complexity index is 446. The van der Waals surface area contributed by atoms with Crippen LogP contribution in [0.25, 0.3) is 0 Å². The Hall–Kier alpha value is -2.11. The number of hydrogen-bond donors (Lipinski definition) is 3. The lowest BCUT2D eigenvalue weighted by Gasteiger charge is -2.22. The highest BCUT2D eigenvalue weighted by atomic mass is 19.1. The maximum absolute atomic E-state index is 12.7. The number of carbonyl (C=O) groups excluding carboxylic acids is 1. The number of hydrogen-bond acceptors (Lipinski definition) is 2. The molecule has 0 aliphatic carbocycles. The molecule has 0 radical (unpaired) electrons. The predicted molar refractivity (Wildman–Crippen MR) is 52.2 cm³/mol. The van der Waals surface area contributed by atoms with Crippen LogP contribution < -0.4 is 10.6 Å². The normalized spacial score (nSPS) is 23.7. The summed E-state index contributed by atoms with van der Waals surface area (Å²) >= 11 is 0. The Morgan fingerprint density at radius 1 is 1.38 bits per heavy atom. The second kappa shape index (κ2) is 3.48. The van der Waals surface area contributed by atoms with Crippen molar-refractivity contribution in [2.24, 2.45) is 0 Å². The highest BCUT2D eigenvalue weighted by Gasteiger charge is 2.46. The van der Waals surface area contributed by atoms with Crippen LogP contribution in [0.1, 0.15) is 5.56 Å². The molecule has 0 bridgehead atoms. The van der Waals surface area contributed by atoms with Crippen molar-refractivity contribution in [3.63, 3.8) is 0 Å². The summed E-state index contributed by atoms with van der Waals surface area (Å²) in [4.78, 5) is 22.2. The Morgan fingerprint density at radius 2 is 2.00 bits per heavy atom. The summed E-state index contributed by atoms with van der Waals surface area (Å²) < 4.78 is 12.7. The van der Waals surface area contributed by atoms with Crippen LogP contribution in [0.2, 0.25) is 0 Å². The molecule has 84 valence electrons. The lowest BCUT2D eigenvalue weighted by molar-refractivity contribution is -0.143. The van der Waals surface area contributed by atoms with Crippen LogP contribution >= 0.6 is 0 Å². The molecule has 5 nitrogen and oxygen atoms in total. The fourth-order valence-electron chi connectivity index (χ4n) is 1.66. The van der Waals surface area contributed by atoms with Gasteiger partial charge in [0.1, 0.15) is 5.82 Å². The molecule has 1 aliphatic rings. The van der Waals surface area contributed by atoms with E-state index in [-0.39, 0.29) is 6.54 Å². The monoisotopic (exact) mass is 224 g/mol. The molecular formula is C10H9FN2O3. The highest BCUT2D eigenvalue weighted by molar-refractivity contribution is 5.91. The average Bonchev–Trinajstić information content (AvgIpc) is 2.63. The minimum Gasteiger partial charge on any atom is -0.479 e. The van der Waals surface area contributed by atoms with Gasteiger partial charge in [-0.05, 0) is 17.7 Å². The second-order valence-corrected chi connectivity index (χ2v) is 3.53. The summed E-state index contributed by atoms with van der Waals surface area (Å²) in [6.07, 6.45) is 0. The van der Waals surface area contributed by atoms with Gasteiger partial charge in [-0.3, -0.25) is 0 Å². The van der Waals surface area contributed by atoms with Crippen LogP contribution in [0.15, 0.2) is 24.3 Å². The number of aliphatic carboxylic acids is 1. The fraction of sp³-hybridized carbons (Fsp3) is 0.200. The van der Waals surface area contributed by atoms with Crippen LogP contribution in [-0.4, -0.2) is 23.7 Å². The van der Waals surface area contributed by atoms with Gasteiger partial charge in [0.2, 0.25) is 0 Å². The smallest absolute Gasteiger partial charge is 0.336 e. The Labute approximate surface area is 90.3 Å². The zero-order chi connectivity index (χ0) is 11.8. The molecule has 0 spiro atoms. The van der Waals surface area contributed by atoms with Crippen LogP contribution in [0.3, 0.4) is 0 Å². The average molecular weight is 224 g/mol. The zero-order valence-electron chi connectivity index (χ0n) is 8.16. The zero-order valence-corrected chi connectivity index (χ0v) is 8.16. The van der Waals surface area contributed by atoms with Gasteiger partial charge in [0, 0.05) is 0 Å². The van der Waals surface area contributed by atoms with Gasteiger partial charge in [-0.25, -0.2) is 14.0 Å². The molecule has 2 amide bonds. The molecule has 1 atom stereocenters. The molecule has 1 aromatic carbocycles. The molecule has 1 saturated heterocycles. The maximum atomic E-state index is 12.7. The maximum Gasteiger partial charge on any atom is 0.336 e. The van der Waals surface area contributed by atoms with Crippen molar-refractivity contribution in [3.8, 4) is 0 Å². The first-order valence-electron chi connectivity index (χ1n) is 4.60.